The summed E-state index contributed by atoms with van der Waals surface area (Å²) < 4.78 is 7.20. The van der Waals surface area contributed by atoms with Gasteiger partial charge in [0.2, 0.25) is 0 Å². The Balaban J connectivity index is 1.57. The molecule has 0 fully saturated rings. The quantitative estimate of drug-likeness (QED) is 0.722. The van der Waals surface area contributed by atoms with Crippen LogP contribution in [0, 0.1) is 0 Å². The summed E-state index contributed by atoms with van der Waals surface area (Å²) in [7, 11) is 3.49. The van der Waals surface area contributed by atoms with Crippen molar-refractivity contribution in [2.24, 2.45) is 7.05 Å². The van der Waals surface area contributed by atoms with Crippen molar-refractivity contribution in [1.29, 1.82) is 0 Å². The highest BCUT2D eigenvalue weighted by Crippen LogP contribution is 2.36. The minimum atomic E-state index is -0.150. The third-order valence-corrected chi connectivity index (χ3v) is 4.82. The minimum absolute atomic E-state index is 0.150. The molecule has 0 bridgehead atoms. The highest BCUT2D eigenvalue weighted by Gasteiger charge is 2.20. The molecule has 27 heavy (non-hydrogen) atoms. The van der Waals surface area contributed by atoms with Crippen LogP contribution in [0.2, 0.25) is 0 Å². The molecule has 1 aliphatic rings. The van der Waals surface area contributed by atoms with Crippen LogP contribution in [-0.4, -0.2) is 22.8 Å². The maximum absolute atomic E-state index is 12.9. The average Bonchev–Trinajstić information content (AvgIpc) is 3.31. The maximum atomic E-state index is 12.9. The zero-order valence-electron chi connectivity index (χ0n) is 15.5. The number of benzene rings is 2. The molecule has 0 aliphatic heterocycles. The van der Waals surface area contributed by atoms with Crippen molar-refractivity contribution in [3.05, 3.63) is 65.5 Å². The number of fused-ring (bicyclic) bond motifs is 1. The molecule has 138 valence electrons. The summed E-state index contributed by atoms with van der Waals surface area (Å²) in [6.07, 6.45) is 6.74. The summed E-state index contributed by atoms with van der Waals surface area (Å²) in [6, 6.07) is 11.4. The number of aromatic nitrogens is 2. The Hall–Kier alpha value is -3.28. The topological polar surface area (TPSA) is 68.2 Å². The van der Waals surface area contributed by atoms with Gasteiger partial charge >= 0.3 is 0 Å². The molecule has 1 heterocycles. The number of rotatable bonds is 5. The Labute approximate surface area is 158 Å². The van der Waals surface area contributed by atoms with Gasteiger partial charge in [0.25, 0.3) is 5.91 Å². The van der Waals surface area contributed by atoms with Crippen LogP contribution in [0.25, 0.3) is 0 Å². The standard InChI is InChI=1S/C21H22N4O2/c1-25-13-17(12-22-25)23-16-7-3-6-15(11-16)21(26)24-20-18-8-4-5-14(18)9-10-19(20)27-2/h3,6-7,9-13,23H,4-5,8H2,1-2H3,(H,24,26). The number of aryl methyl sites for hydroxylation is 2. The summed E-state index contributed by atoms with van der Waals surface area (Å²) in [5.74, 6) is 0.553. The Morgan fingerprint density at radius 1 is 1.19 bits per heavy atom. The number of hydrogen-bond acceptors (Lipinski definition) is 4. The molecule has 6 heteroatoms. The van der Waals surface area contributed by atoms with Gasteiger partial charge in [0, 0.05) is 24.5 Å². The van der Waals surface area contributed by atoms with E-state index in [1.165, 1.54) is 11.1 Å². The van der Waals surface area contributed by atoms with Crippen LogP contribution >= 0.6 is 0 Å². The first kappa shape index (κ1) is 17.1. The first-order valence-corrected chi connectivity index (χ1v) is 9.00. The fourth-order valence-electron chi connectivity index (χ4n) is 3.53. The van der Waals surface area contributed by atoms with Crippen molar-refractivity contribution >= 4 is 23.0 Å². The van der Waals surface area contributed by atoms with E-state index >= 15 is 0 Å². The number of hydrogen-bond donors (Lipinski definition) is 2. The number of nitrogens with zero attached hydrogens (tertiary/aromatic N) is 2. The van der Waals surface area contributed by atoms with E-state index in [0.29, 0.717) is 11.3 Å². The lowest BCUT2D eigenvalue weighted by Gasteiger charge is -2.15. The Morgan fingerprint density at radius 3 is 2.85 bits per heavy atom. The van der Waals surface area contributed by atoms with Gasteiger partial charge in [-0.25, -0.2) is 0 Å². The maximum Gasteiger partial charge on any atom is 0.255 e. The van der Waals surface area contributed by atoms with E-state index in [0.717, 1.165) is 36.3 Å². The predicted octanol–water partition coefficient (Wildman–Crippen LogP) is 3.91. The van der Waals surface area contributed by atoms with Crippen molar-refractivity contribution in [2.45, 2.75) is 19.3 Å². The molecule has 2 aromatic carbocycles. The molecule has 6 nitrogen and oxygen atoms in total. The van der Waals surface area contributed by atoms with Crippen molar-refractivity contribution in [3.8, 4) is 5.75 Å². The predicted molar refractivity (Wildman–Crippen MR) is 106 cm³/mol. The molecule has 0 unspecified atom stereocenters. The van der Waals surface area contributed by atoms with Crippen LogP contribution in [-0.2, 0) is 19.9 Å². The number of methoxy groups -OCH3 is 1. The van der Waals surface area contributed by atoms with Gasteiger partial charge in [-0.3, -0.25) is 9.48 Å². The van der Waals surface area contributed by atoms with Crippen molar-refractivity contribution in [1.82, 2.24) is 9.78 Å². The van der Waals surface area contributed by atoms with Gasteiger partial charge in [0.1, 0.15) is 5.75 Å². The lowest BCUT2D eigenvalue weighted by molar-refractivity contribution is 0.102. The third-order valence-electron chi connectivity index (χ3n) is 4.82. The first-order chi connectivity index (χ1) is 13.1. The van der Waals surface area contributed by atoms with E-state index in [1.54, 1.807) is 24.1 Å². The fourth-order valence-corrected chi connectivity index (χ4v) is 3.53. The monoisotopic (exact) mass is 362 g/mol. The summed E-state index contributed by atoms with van der Waals surface area (Å²) in [6.45, 7) is 0. The molecule has 0 saturated carbocycles. The number of anilines is 3. The van der Waals surface area contributed by atoms with Gasteiger partial charge in [-0.2, -0.15) is 5.10 Å². The van der Waals surface area contributed by atoms with Gasteiger partial charge in [-0.15, -0.1) is 0 Å². The largest absolute Gasteiger partial charge is 0.495 e. The molecule has 1 aromatic heterocycles. The summed E-state index contributed by atoms with van der Waals surface area (Å²) >= 11 is 0. The zero-order valence-corrected chi connectivity index (χ0v) is 15.5. The zero-order chi connectivity index (χ0) is 18.8. The second-order valence-corrected chi connectivity index (χ2v) is 6.70. The van der Waals surface area contributed by atoms with Crippen molar-refractivity contribution in [3.63, 3.8) is 0 Å². The van der Waals surface area contributed by atoms with Gasteiger partial charge in [0.05, 0.1) is 24.7 Å². The molecule has 0 saturated heterocycles. The van der Waals surface area contributed by atoms with E-state index < -0.39 is 0 Å². The number of nitrogens with one attached hydrogen (secondary N) is 2. The molecule has 1 aliphatic carbocycles. The minimum Gasteiger partial charge on any atom is -0.495 e. The third kappa shape index (κ3) is 3.51. The van der Waals surface area contributed by atoms with Crippen LogP contribution < -0.4 is 15.4 Å². The molecular formula is C21H22N4O2. The Bertz CT molecular complexity index is 994. The molecule has 3 aromatic rings. The second-order valence-electron chi connectivity index (χ2n) is 6.70. The number of carbonyl (C=O) groups excluding carboxylic acids is 1. The highest BCUT2D eigenvalue weighted by molar-refractivity contribution is 6.06. The van der Waals surface area contributed by atoms with Crippen molar-refractivity contribution in [2.75, 3.05) is 17.7 Å². The average molecular weight is 362 g/mol. The SMILES string of the molecule is COc1ccc2c(c1NC(=O)c1cccc(Nc3cnn(C)c3)c1)CCC2. The highest BCUT2D eigenvalue weighted by atomic mass is 16.5. The second kappa shape index (κ2) is 7.15. The summed E-state index contributed by atoms with van der Waals surface area (Å²) in [5.41, 5.74) is 5.56. The number of carbonyl (C=O) groups is 1. The van der Waals surface area contributed by atoms with E-state index in [9.17, 15) is 4.79 Å². The van der Waals surface area contributed by atoms with Gasteiger partial charge < -0.3 is 15.4 Å². The van der Waals surface area contributed by atoms with E-state index in [4.69, 9.17) is 4.74 Å². The summed E-state index contributed by atoms with van der Waals surface area (Å²) in [4.78, 5) is 12.9. The molecule has 4 rings (SSSR count). The van der Waals surface area contributed by atoms with Crippen LogP contribution in [0.1, 0.15) is 27.9 Å². The smallest absolute Gasteiger partial charge is 0.255 e. The lowest BCUT2D eigenvalue weighted by Crippen LogP contribution is -2.14. The molecule has 1 amide bonds. The van der Waals surface area contributed by atoms with E-state index in [-0.39, 0.29) is 5.91 Å². The summed E-state index contributed by atoms with van der Waals surface area (Å²) in [5, 5.41) is 10.5. The normalized spacial score (nSPS) is 12.5. The van der Waals surface area contributed by atoms with Gasteiger partial charge in [0.15, 0.2) is 0 Å². The van der Waals surface area contributed by atoms with Crippen LogP contribution in [0.5, 0.6) is 5.75 Å². The van der Waals surface area contributed by atoms with Gasteiger partial charge in [-0.1, -0.05) is 12.1 Å². The van der Waals surface area contributed by atoms with Gasteiger partial charge in [-0.05, 0) is 54.7 Å². The molecular weight excluding hydrogens is 340 g/mol. The lowest BCUT2D eigenvalue weighted by atomic mass is 10.1. The Kier molecular flexibility index (Phi) is 4.54. The Morgan fingerprint density at radius 2 is 2.07 bits per heavy atom. The number of amides is 1. The van der Waals surface area contributed by atoms with Crippen LogP contribution in [0.4, 0.5) is 17.1 Å². The molecule has 0 atom stereocenters. The first-order valence-electron chi connectivity index (χ1n) is 9.00. The number of ether oxygens (including phenoxy) is 1. The molecule has 0 radical (unpaired) electrons. The molecule has 0 spiro atoms. The fraction of sp³-hybridized carbons (Fsp3) is 0.238. The van der Waals surface area contributed by atoms with Crippen LogP contribution in [0.15, 0.2) is 48.8 Å². The molecule has 2 N–H and O–H groups in total. The van der Waals surface area contributed by atoms with Crippen LogP contribution in [0.3, 0.4) is 0 Å². The van der Waals surface area contributed by atoms with Crippen molar-refractivity contribution < 1.29 is 9.53 Å². The van der Waals surface area contributed by atoms with E-state index in [2.05, 4.69) is 21.8 Å². The van der Waals surface area contributed by atoms with E-state index in [1.807, 2.05) is 37.5 Å².